The number of nitrogens with two attached hydrogens (primary N) is 1. The number of aliphatic carboxylic acids is 1. The van der Waals surface area contributed by atoms with Crippen molar-refractivity contribution in [2.24, 2.45) is 11.7 Å². The minimum Gasteiger partial charge on any atom is -0.550 e. The number of halogens is 1. The fraction of sp³-hybridized carbons (Fsp3) is 0.800. The second kappa shape index (κ2) is 13.1. The molecule has 0 bridgehead atoms. The van der Waals surface area contributed by atoms with Crippen LogP contribution in [0.25, 0.3) is 0 Å². The third-order valence-electron chi connectivity index (χ3n) is 2.93. The van der Waals surface area contributed by atoms with Gasteiger partial charge in [-0.05, 0) is 5.92 Å². The number of nitrogens with zero attached hydrogens (tertiary/aromatic N) is 1. The second-order valence-corrected chi connectivity index (χ2v) is 6.53. The first-order valence-corrected chi connectivity index (χ1v) is 7.46. The predicted octanol–water partition coefficient (Wildman–Crippen LogP) is -0.935. The lowest BCUT2D eigenvalue weighted by atomic mass is 10.0. The van der Waals surface area contributed by atoms with Gasteiger partial charge in [-0.2, -0.15) is 0 Å². The summed E-state index contributed by atoms with van der Waals surface area (Å²) in [4.78, 5) is 31.4. The maximum Gasteiger partial charge on any atom is 0.330 e. The number of likely N-dealkylation sites (N-methyl/N-ethyl adjacent to an activating group) is 1. The molecule has 9 heteroatoms. The number of carbonyl (C=O) groups excluding carboxylic acids is 3. The summed E-state index contributed by atoms with van der Waals surface area (Å²) in [5, 5.41) is 19.1. The van der Waals surface area contributed by atoms with Crippen LogP contribution < -0.4 is 10.8 Å². The van der Waals surface area contributed by atoms with Gasteiger partial charge in [0.25, 0.3) is 0 Å². The second-order valence-electron chi connectivity index (χ2n) is 6.53. The number of carboxylic acid groups (broad SMARTS) is 1. The zero-order valence-electron chi connectivity index (χ0n) is 15.3. The number of ether oxygens (including phenoxy) is 1. The molecule has 0 amide bonds. The first-order valence-electron chi connectivity index (χ1n) is 7.46. The Morgan fingerprint density at radius 3 is 2.00 bits per heavy atom. The van der Waals surface area contributed by atoms with Crippen molar-refractivity contribution in [1.82, 2.24) is 0 Å². The Labute approximate surface area is 150 Å². The van der Waals surface area contributed by atoms with Crippen LogP contribution in [0.3, 0.4) is 0 Å². The summed E-state index contributed by atoms with van der Waals surface area (Å²) in [6, 6.07) is -0.695. The summed E-state index contributed by atoms with van der Waals surface area (Å²) in [6.45, 7) is 5.37. The number of carbonyl (C=O) groups is 3. The van der Waals surface area contributed by atoms with E-state index in [9.17, 15) is 19.5 Å². The normalized spacial score (nSPS) is 14.2. The topological polar surface area (TPSA) is 130 Å². The Hall–Kier alpha value is -1.22. The minimum atomic E-state index is -1.20. The van der Waals surface area contributed by atoms with Crippen molar-refractivity contribution in [3.63, 3.8) is 0 Å². The molecule has 0 aliphatic heterocycles. The average molecular weight is 371 g/mol. The first-order chi connectivity index (χ1) is 10.3. The van der Waals surface area contributed by atoms with Crippen molar-refractivity contribution in [3.05, 3.63) is 0 Å². The lowest BCUT2D eigenvalue weighted by Crippen LogP contribution is -2.43. The maximum absolute atomic E-state index is 11.0. The summed E-state index contributed by atoms with van der Waals surface area (Å²) in [7, 11) is 5.66. The predicted molar refractivity (Wildman–Crippen MR) is 90.0 cm³/mol. The van der Waals surface area contributed by atoms with E-state index in [1.807, 2.05) is 35.0 Å². The van der Waals surface area contributed by atoms with Crippen LogP contribution in [-0.2, 0) is 19.1 Å². The van der Waals surface area contributed by atoms with E-state index >= 15 is 0 Å². The molecule has 0 fully saturated rings. The van der Waals surface area contributed by atoms with Gasteiger partial charge in [-0.1, -0.05) is 20.3 Å². The lowest BCUT2D eigenvalue weighted by molar-refractivity contribution is -0.873. The zero-order valence-corrected chi connectivity index (χ0v) is 16.1. The van der Waals surface area contributed by atoms with Gasteiger partial charge >= 0.3 is 11.9 Å². The number of quaternary nitrogens is 1. The molecule has 0 aliphatic rings. The van der Waals surface area contributed by atoms with E-state index in [-0.39, 0.29) is 24.7 Å². The fourth-order valence-corrected chi connectivity index (χ4v) is 1.59. The van der Waals surface area contributed by atoms with Crippen LogP contribution in [0.4, 0.5) is 0 Å². The number of aliphatic hydroxyl groups is 1. The Morgan fingerprint density at radius 2 is 1.71 bits per heavy atom. The van der Waals surface area contributed by atoms with E-state index < -0.39 is 30.1 Å². The molecular formula is C15H31ClN2O6. The molecule has 8 nitrogen and oxygen atoms in total. The van der Waals surface area contributed by atoms with Gasteiger partial charge < -0.3 is 30.0 Å². The summed E-state index contributed by atoms with van der Waals surface area (Å²) < 4.78 is 4.88. The monoisotopic (exact) mass is 370 g/mol. The molecule has 144 valence electrons. The van der Waals surface area contributed by atoms with Crippen molar-refractivity contribution in [2.75, 3.05) is 27.7 Å². The highest BCUT2D eigenvalue weighted by Crippen LogP contribution is 2.06. The Balaban J connectivity index is -0.000000354. The van der Waals surface area contributed by atoms with E-state index in [1.54, 1.807) is 0 Å². The number of aliphatic hydroxyl groups excluding tert-OH is 1. The maximum atomic E-state index is 11.0. The molecule has 24 heavy (non-hydrogen) atoms. The van der Waals surface area contributed by atoms with Gasteiger partial charge in [0.2, 0.25) is 0 Å². The van der Waals surface area contributed by atoms with Gasteiger partial charge in [0, 0.05) is 19.3 Å². The zero-order chi connectivity index (χ0) is 18.8. The minimum absolute atomic E-state index is 0. The Bertz CT molecular complexity index is 398. The summed E-state index contributed by atoms with van der Waals surface area (Å²) in [5.74, 6) is -2.42. The Kier molecular flexibility index (Phi) is 15.1. The highest BCUT2D eigenvalue weighted by molar-refractivity contribution is 5.87. The number of hydrogen-bond acceptors (Lipinski definition) is 7. The number of rotatable bonds is 7. The molecule has 0 rings (SSSR count). The third kappa shape index (κ3) is 17.1. The highest BCUT2D eigenvalue weighted by Gasteiger charge is 2.21. The lowest BCUT2D eigenvalue weighted by Gasteiger charge is -2.26. The molecule has 0 saturated carbocycles. The molecule has 3 N–H and O–H groups in total. The van der Waals surface area contributed by atoms with Crippen molar-refractivity contribution in [3.8, 4) is 0 Å². The van der Waals surface area contributed by atoms with Crippen LogP contribution in [0.15, 0.2) is 0 Å². The molecule has 0 saturated heterocycles. The smallest absolute Gasteiger partial charge is 0.330 e. The van der Waals surface area contributed by atoms with Crippen molar-refractivity contribution < 1.29 is 33.8 Å². The molecule has 3 atom stereocenters. The summed E-state index contributed by atoms with van der Waals surface area (Å²) >= 11 is 0. The van der Waals surface area contributed by atoms with Gasteiger partial charge in [0.15, 0.2) is 0 Å². The van der Waals surface area contributed by atoms with Crippen molar-refractivity contribution in [1.29, 1.82) is 0 Å². The fourth-order valence-electron chi connectivity index (χ4n) is 1.59. The van der Waals surface area contributed by atoms with Crippen molar-refractivity contribution >= 4 is 30.3 Å². The molecule has 0 radical (unpaired) electrons. The summed E-state index contributed by atoms with van der Waals surface area (Å²) in [5.41, 5.74) is 5.49. The largest absolute Gasteiger partial charge is 0.550 e. The molecule has 1 unspecified atom stereocenters. The summed E-state index contributed by atoms with van der Waals surface area (Å²) in [6.07, 6.45) is -0.302. The van der Waals surface area contributed by atoms with Crippen LogP contribution in [0.5, 0.6) is 0 Å². The van der Waals surface area contributed by atoms with Gasteiger partial charge in [-0.15, -0.1) is 12.4 Å². The van der Waals surface area contributed by atoms with E-state index in [4.69, 9.17) is 10.8 Å². The highest BCUT2D eigenvalue weighted by atomic mass is 35.5. The number of carboxylic acids is 1. The van der Waals surface area contributed by atoms with Crippen LogP contribution >= 0.6 is 12.4 Å². The van der Waals surface area contributed by atoms with Crippen LogP contribution in [0.2, 0.25) is 0 Å². The first kappa shape index (κ1) is 27.6. The molecule has 0 heterocycles. The van der Waals surface area contributed by atoms with E-state index in [2.05, 4.69) is 4.74 Å². The standard InChI is InChI=1S/C8H15NO3.C7H15NO3.ClH/c1-4-5(2)7(9)8(11)12-6(3)10;1-8(2,3)5-6(9)4-7(10)11;/h5,7H,4,9H2,1-3H3;6,9H,4-5H2,1-3H3;1H/t5?,7-;6-;/m01./s1. The quantitative estimate of drug-likeness (QED) is 0.336. The van der Waals surface area contributed by atoms with E-state index in [0.29, 0.717) is 11.0 Å². The molecule has 0 aliphatic carbocycles. The molecule has 0 aromatic heterocycles. The van der Waals surface area contributed by atoms with Gasteiger partial charge in [0.1, 0.15) is 18.7 Å². The van der Waals surface area contributed by atoms with E-state index in [1.165, 1.54) is 6.92 Å². The molecular weight excluding hydrogens is 340 g/mol. The van der Waals surface area contributed by atoms with Crippen molar-refractivity contribution in [2.45, 2.75) is 45.8 Å². The molecule has 0 spiro atoms. The average Bonchev–Trinajstić information content (AvgIpc) is 2.33. The molecule has 0 aromatic carbocycles. The van der Waals surface area contributed by atoms with Crippen LogP contribution in [-0.4, -0.2) is 67.3 Å². The molecule has 0 aromatic rings. The van der Waals surface area contributed by atoms with Gasteiger partial charge in [-0.25, -0.2) is 4.79 Å². The third-order valence-corrected chi connectivity index (χ3v) is 2.93. The van der Waals surface area contributed by atoms with Gasteiger partial charge in [-0.3, -0.25) is 4.79 Å². The number of hydrogen-bond donors (Lipinski definition) is 2. The van der Waals surface area contributed by atoms with Crippen LogP contribution in [0.1, 0.15) is 33.6 Å². The van der Waals surface area contributed by atoms with Gasteiger partial charge in [0.05, 0.1) is 21.1 Å². The number of esters is 2. The Morgan fingerprint density at radius 1 is 1.25 bits per heavy atom. The van der Waals surface area contributed by atoms with Crippen LogP contribution in [0, 0.1) is 5.92 Å². The SMILES string of the molecule is CCC(C)[C@H](N)C(=O)OC(C)=O.C[N+](C)(C)C[C@H](O)CC(=O)[O-].Cl. The van der Waals surface area contributed by atoms with E-state index in [0.717, 1.165) is 6.42 Å².